The van der Waals surface area contributed by atoms with E-state index in [1.54, 1.807) is 12.3 Å². The molecular formula is C18H22FN3O3S. The molecule has 140 valence electrons. The van der Waals surface area contributed by atoms with Crippen LogP contribution in [0.1, 0.15) is 31.5 Å². The predicted octanol–water partition coefficient (Wildman–Crippen LogP) is 2.50. The lowest BCUT2D eigenvalue weighted by Crippen LogP contribution is -2.30. The molecule has 1 aromatic heterocycles. The molecule has 1 unspecified atom stereocenters. The largest absolute Gasteiger partial charge is 0.348 e. The van der Waals surface area contributed by atoms with Gasteiger partial charge in [0.2, 0.25) is 15.9 Å². The first kappa shape index (κ1) is 20.0. The molecule has 0 saturated heterocycles. The minimum absolute atomic E-state index is 0.0228. The zero-order valence-corrected chi connectivity index (χ0v) is 15.5. The Kier molecular flexibility index (Phi) is 6.82. The van der Waals surface area contributed by atoms with Crippen molar-refractivity contribution in [1.29, 1.82) is 0 Å². The maximum atomic E-state index is 12.9. The van der Waals surface area contributed by atoms with E-state index >= 15 is 0 Å². The van der Waals surface area contributed by atoms with Gasteiger partial charge in [-0.3, -0.25) is 9.78 Å². The van der Waals surface area contributed by atoms with Crippen LogP contribution in [0.4, 0.5) is 4.39 Å². The summed E-state index contributed by atoms with van der Waals surface area (Å²) in [5, 5.41) is 2.84. The van der Waals surface area contributed by atoms with Gasteiger partial charge in [0.25, 0.3) is 0 Å². The highest BCUT2D eigenvalue weighted by Gasteiger charge is 2.20. The molecule has 0 aliphatic rings. The summed E-state index contributed by atoms with van der Waals surface area (Å²) in [6, 6.07) is 9.92. The summed E-state index contributed by atoms with van der Waals surface area (Å²) < 4.78 is 38.9. The lowest BCUT2D eigenvalue weighted by Gasteiger charge is -2.17. The summed E-state index contributed by atoms with van der Waals surface area (Å²) >= 11 is 0. The summed E-state index contributed by atoms with van der Waals surface area (Å²) in [5.41, 5.74) is 0.761. The molecule has 8 heteroatoms. The van der Waals surface area contributed by atoms with E-state index < -0.39 is 15.8 Å². The number of hydrogen-bond donors (Lipinski definition) is 1. The molecule has 0 aliphatic heterocycles. The summed E-state index contributed by atoms with van der Waals surface area (Å²) in [4.78, 5) is 16.2. The van der Waals surface area contributed by atoms with Gasteiger partial charge in [-0.25, -0.2) is 17.1 Å². The average molecular weight is 379 g/mol. The SMILES string of the molecule is CC(NC(=O)CCCN(C)S(=O)(=O)c1ccc(F)cc1)c1ccccn1. The van der Waals surface area contributed by atoms with Gasteiger partial charge in [0.05, 0.1) is 16.6 Å². The van der Waals surface area contributed by atoms with E-state index in [9.17, 15) is 17.6 Å². The van der Waals surface area contributed by atoms with Gasteiger partial charge >= 0.3 is 0 Å². The second kappa shape index (κ2) is 8.86. The Hall–Kier alpha value is -2.32. The Morgan fingerprint density at radius 3 is 2.54 bits per heavy atom. The maximum Gasteiger partial charge on any atom is 0.242 e. The summed E-state index contributed by atoms with van der Waals surface area (Å²) in [6.45, 7) is 2.02. The van der Waals surface area contributed by atoms with Crippen LogP contribution in [0.5, 0.6) is 0 Å². The second-order valence-electron chi connectivity index (χ2n) is 5.93. The highest BCUT2D eigenvalue weighted by Crippen LogP contribution is 2.15. The van der Waals surface area contributed by atoms with Crippen molar-refractivity contribution in [3.05, 3.63) is 60.2 Å². The highest BCUT2D eigenvalue weighted by molar-refractivity contribution is 7.89. The van der Waals surface area contributed by atoms with E-state index in [-0.39, 0.29) is 29.8 Å². The van der Waals surface area contributed by atoms with Crippen molar-refractivity contribution in [3.8, 4) is 0 Å². The minimum Gasteiger partial charge on any atom is -0.348 e. The van der Waals surface area contributed by atoms with Crippen LogP contribution in [0.15, 0.2) is 53.6 Å². The smallest absolute Gasteiger partial charge is 0.242 e. The number of halogens is 1. The normalized spacial score (nSPS) is 12.8. The minimum atomic E-state index is -3.69. The van der Waals surface area contributed by atoms with Gasteiger partial charge in [0, 0.05) is 26.2 Å². The van der Waals surface area contributed by atoms with Crippen molar-refractivity contribution in [3.63, 3.8) is 0 Å². The molecule has 0 saturated carbocycles. The van der Waals surface area contributed by atoms with Crippen LogP contribution >= 0.6 is 0 Å². The lowest BCUT2D eigenvalue weighted by atomic mass is 10.2. The Morgan fingerprint density at radius 2 is 1.92 bits per heavy atom. The van der Waals surface area contributed by atoms with E-state index in [4.69, 9.17) is 0 Å². The van der Waals surface area contributed by atoms with Crippen molar-refractivity contribution in [2.24, 2.45) is 0 Å². The van der Waals surface area contributed by atoms with E-state index in [0.717, 1.165) is 22.1 Å². The summed E-state index contributed by atoms with van der Waals surface area (Å²) in [5.74, 6) is -0.666. The van der Waals surface area contributed by atoms with E-state index in [0.29, 0.717) is 6.42 Å². The van der Waals surface area contributed by atoms with Crippen LogP contribution in [0.3, 0.4) is 0 Å². The average Bonchev–Trinajstić information content (AvgIpc) is 2.62. The van der Waals surface area contributed by atoms with Crippen LogP contribution in [0.2, 0.25) is 0 Å². The molecule has 0 bridgehead atoms. The predicted molar refractivity (Wildman–Crippen MR) is 96.2 cm³/mol. The topological polar surface area (TPSA) is 79.4 Å². The number of sulfonamides is 1. The highest BCUT2D eigenvalue weighted by atomic mass is 32.2. The van der Waals surface area contributed by atoms with Gasteiger partial charge in [-0.2, -0.15) is 0 Å². The molecule has 1 heterocycles. The van der Waals surface area contributed by atoms with Gasteiger partial charge in [-0.15, -0.1) is 0 Å². The van der Waals surface area contributed by atoms with Crippen molar-refractivity contribution in [1.82, 2.24) is 14.6 Å². The zero-order chi connectivity index (χ0) is 19.2. The molecule has 26 heavy (non-hydrogen) atoms. The molecular weight excluding hydrogens is 357 g/mol. The fourth-order valence-corrected chi connectivity index (χ4v) is 3.60. The van der Waals surface area contributed by atoms with Gasteiger partial charge in [0.1, 0.15) is 5.82 Å². The molecule has 0 aliphatic carbocycles. The molecule has 6 nitrogen and oxygen atoms in total. The third kappa shape index (κ3) is 5.34. The number of pyridine rings is 1. The number of carbonyl (C=O) groups is 1. The molecule has 2 rings (SSSR count). The standard InChI is InChI=1S/C18H22FN3O3S/c1-14(17-6-3-4-12-20-17)21-18(23)7-5-13-22(2)26(24,25)16-10-8-15(19)9-11-16/h3-4,6,8-12,14H,5,7,13H2,1-2H3,(H,21,23). The van der Waals surface area contributed by atoms with Crippen LogP contribution in [0.25, 0.3) is 0 Å². The molecule has 1 amide bonds. The van der Waals surface area contributed by atoms with Crippen LogP contribution < -0.4 is 5.32 Å². The molecule has 1 aromatic carbocycles. The van der Waals surface area contributed by atoms with Gasteiger partial charge < -0.3 is 5.32 Å². The molecule has 0 fully saturated rings. The van der Waals surface area contributed by atoms with Gasteiger partial charge in [-0.05, 0) is 49.7 Å². The van der Waals surface area contributed by atoms with E-state index in [1.807, 2.05) is 19.1 Å². The van der Waals surface area contributed by atoms with Crippen LogP contribution in [-0.2, 0) is 14.8 Å². The number of hydrogen-bond acceptors (Lipinski definition) is 4. The van der Waals surface area contributed by atoms with Crippen LogP contribution in [-0.4, -0.2) is 37.2 Å². The first-order chi connectivity index (χ1) is 12.3. The number of amides is 1. The molecule has 2 aromatic rings. The van der Waals surface area contributed by atoms with Crippen molar-refractivity contribution in [2.45, 2.75) is 30.7 Å². The molecule has 1 atom stereocenters. The Bertz CT molecular complexity index is 827. The van der Waals surface area contributed by atoms with Crippen molar-refractivity contribution < 1.29 is 17.6 Å². The summed E-state index contributed by atoms with van der Waals surface area (Å²) in [6.07, 6.45) is 2.23. The van der Waals surface area contributed by atoms with Crippen molar-refractivity contribution >= 4 is 15.9 Å². The third-order valence-electron chi connectivity index (χ3n) is 3.91. The number of carbonyl (C=O) groups excluding carboxylic acids is 1. The number of nitrogens with one attached hydrogen (secondary N) is 1. The Labute approximate surface area is 153 Å². The monoisotopic (exact) mass is 379 g/mol. The van der Waals surface area contributed by atoms with E-state index in [1.165, 1.54) is 19.2 Å². The molecule has 1 N–H and O–H groups in total. The third-order valence-corrected chi connectivity index (χ3v) is 5.78. The fraction of sp³-hybridized carbons (Fsp3) is 0.333. The lowest BCUT2D eigenvalue weighted by molar-refractivity contribution is -0.121. The number of rotatable bonds is 8. The number of nitrogens with zero attached hydrogens (tertiary/aromatic N) is 2. The Morgan fingerprint density at radius 1 is 1.23 bits per heavy atom. The molecule has 0 radical (unpaired) electrons. The fourth-order valence-electron chi connectivity index (χ4n) is 2.39. The Balaban J connectivity index is 1.83. The number of aromatic nitrogens is 1. The van der Waals surface area contributed by atoms with Gasteiger partial charge in [-0.1, -0.05) is 6.07 Å². The van der Waals surface area contributed by atoms with Gasteiger partial charge in [0.15, 0.2) is 0 Å². The second-order valence-corrected chi connectivity index (χ2v) is 7.97. The zero-order valence-electron chi connectivity index (χ0n) is 14.7. The first-order valence-corrected chi connectivity index (χ1v) is 9.67. The summed E-state index contributed by atoms with van der Waals surface area (Å²) in [7, 11) is -2.26. The first-order valence-electron chi connectivity index (χ1n) is 8.23. The number of benzene rings is 1. The molecule has 0 spiro atoms. The van der Waals surface area contributed by atoms with E-state index in [2.05, 4.69) is 10.3 Å². The maximum absolute atomic E-state index is 12.9. The van der Waals surface area contributed by atoms with Crippen molar-refractivity contribution in [2.75, 3.05) is 13.6 Å². The quantitative estimate of drug-likeness (QED) is 0.764. The van der Waals surface area contributed by atoms with Crippen LogP contribution in [0, 0.1) is 5.82 Å².